The third kappa shape index (κ3) is 4.52. The van der Waals surface area contributed by atoms with Crippen molar-refractivity contribution < 1.29 is 66.6 Å². The Morgan fingerprint density at radius 1 is 0.353 bits per heavy atom. The van der Waals surface area contributed by atoms with Gasteiger partial charge in [-0.3, -0.25) is 0 Å². The molecule has 0 bridgehead atoms. The molecule has 0 radical (unpaired) electrons. The average Bonchev–Trinajstić information content (AvgIpc) is 2.80. The van der Waals surface area contributed by atoms with E-state index >= 15 is 0 Å². The molecule has 0 aliphatic carbocycles. The number of hydrogen-bond donors (Lipinski definition) is 0. The highest BCUT2D eigenvalue weighted by Crippen LogP contribution is 2.30. The Morgan fingerprint density at radius 3 is 0.824 bits per heavy atom. The second-order valence-corrected chi connectivity index (χ2v) is 6.04. The SMILES string of the molecule is Fc1cc(OB(Oc2cc(F)c(F)c(F)c2F)Oc2cc(F)c(F)c(F)c2F)c(F)c(F)c1F. The lowest BCUT2D eigenvalue weighted by Gasteiger charge is -2.18. The molecular weight excluding hydrogens is 503 g/mol. The normalized spacial score (nSPS) is 10.9. The van der Waals surface area contributed by atoms with E-state index in [1.165, 1.54) is 0 Å². The van der Waals surface area contributed by atoms with Crippen LogP contribution in [0.15, 0.2) is 18.2 Å². The Hall–Kier alpha value is -3.72. The molecule has 3 rings (SSSR count). The molecule has 34 heavy (non-hydrogen) atoms. The standard InChI is InChI=1S/C18H3BF12O3/c20-4-1-7(13(26)16(29)10(4)23)32-19(33-8-2-5(21)11(24)17(30)14(8)27)34-9-3-6(22)12(25)18(31)15(9)28/h1-3H. The van der Waals surface area contributed by atoms with Gasteiger partial charge in [-0.2, -0.15) is 13.2 Å². The lowest BCUT2D eigenvalue weighted by Crippen LogP contribution is -2.38. The summed E-state index contributed by atoms with van der Waals surface area (Å²) in [6, 6.07) is -0.548. The average molecular weight is 506 g/mol. The van der Waals surface area contributed by atoms with Crippen LogP contribution in [-0.4, -0.2) is 7.32 Å². The van der Waals surface area contributed by atoms with Crippen LogP contribution in [0.2, 0.25) is 0 Å². The van der Waals surface area contributed by atoms with E-state index in [1.807, 2.05) is 0 Å². The molecule has 0 aliphatic rings. The summed E-state index contributed by atoms with van der Waals surface area (Å²) in [6.07, 6.45) is 0. The quantitative estimate of drug-likeness (QED) is 0.181. The van der Waals surface area contributed by atoms with Crippen molar-refractivity contribution in [3.05, 3.63) is 88.0 Å². The van der Waals surface area contributed by atoms with Gasteiger partial charge < -0.3 is 14.0 Å². The minimum Gasteiger partial charge on any atom is -0.487 e. The fraction of sp³-hybridized carbons (Fsp3) is 0. The van der Waals surface area contributed by atoms with E-state index in [4.69, 9.17) is 0 Å². The molecule has 0 atom stereocenters. The first-order valence-electron chi connectivity index (χ1n) is 8.32. The van der Waals surface area contributed by atoms with E-state index in [0.717, 1.165) is 0 Å². The van der Waals surface area contributed by atoms with Crippen LogP contribution in [-0.2, 0) is 0 Å². The third-order valence-electron chi connectivity index (χ3n) is 3.88. The summed E-state index contributed by atoms with van der Waals surface area (Å²) >= 11 is 0. The summed E-state index contributed by atoms with van der Waals surface area (Å²) < 4.78 is 175. The van der Waals surface area contributed by atoms with Crippen LogP contribution in [0.4, 0.5) is 52.7 Å². The first-order valence-corrected chi connectivity index (χ1v) is 8.32. The van der Waals surface area contributed by atoms with Crippen molar-refractivity contribution in [2.75, 3.05) is 0 Å². The molecule has 0 heterocycles. The highest BCUT2D eigenvalue weighted by molar-refractivity contribution is 6.39. The van der Waals surface area contributed by atoms with Crippen LogP contribution < -0.4 is 14.0 Å². The number of hydrogen-bond acceptors (Lipinski definition) is 3. The van der Waals surface area contributed by atoms with Gasteiger partial charge in [0.25, 0.3) is 0 Å². The van der Waals surface area contributed by atoms with Gasteiger partial charge in [0.1, 0.15) is 17.2 Å². The molecule has 0 unspecified atom stereocenters. The zero-order chi connectivity index (χ0) is 25.5. The van der Waals surface area contributed by atoms with Gasteiger partial charge in [0.2, 0.25) is 34.9 Å². The smallest absolute Gasteiger partial charge is 0.487 e. The van der Waals surface area contributed by atoms with Crippen LogP contribution in [0.3, 0.4) is 0 Å². The van der Waals surface area contributed by atoms with Crippen molar-refractivity contribution in [3.8, 4) is 17.2 Å². The van der Waals surface area contributed by atoms with Crippen LogP contribution in [0.25, 0.3) is 0 Å². The maximum Gasteiger partial charge on any atom is 0.864 e. The fourth-order valence-corrected chi connectivity index (χ4v) is 2.29. The second-order valence-electron chi connectivity index (χ2n) is 6.04. The minimum atomic E-state index is -3.02. The molecule has 0 saturated heterocycles. The molecule has 0 aliphatic heterocycles. The summed E-state index contributed by atoms with van der Waals surface area (Å²) in [4.78, 5) is 0. The molecule has 3 nitrogen and oxygen atoms in total. The van der Waals surface area contributed by atoms with E-state index in [9.17, 15) is 52.7 Å². The van der Waals surface area contributed by atoms with Gasteiger partial charge in [-0.1, -0.05) is 0 Å². The van der Waals surface area contributed by atoms with E-state index in [-0.39, 0.29) is 18.2 Å². The van der Waals surface area contributed by atoms with Gasteiger partial charge in [0.15, 0.2) is 34.9 Å². The van der Waals surface area contributed by atoms with Crippen LogP contribution in [0, 0.1) is 69.8 Å². The van der Waals surface area contributed by atoms with E-state index in [2.05, 4.69) is 14.0 Å². The maximum absolute atomic E-state index is 13.9. The fourth-order valence-electron chi connectivity index (χ4n) is 2.29. The van der Waals surface area contributed by atoms with E-state index in [1.54, 1.807) is 0 Å². The molecule has 0 amide bonds. The third-order valence-corrected chi connectivity index (χ3v) is 3.88. The monoisotopic (exact) mass is 506 g/mol. The molecule has 0 N–H and O–H groups in total. The Morgan fingerprint density at radius 2 is 0.588 bits per heavy atom. The number of benzene rings is 3. The summed E-state index contributed by atoms with van der Waals surface area (Å²) in [7, 11) is -3.02. The highest BCUT2D eigenvalue weighted by atomic mass is 19.2. The summed E-state index contributed by atoms with van der Waals surface area (Å²) in [5, 5.41) is 0. The predicted molar refractivity (Wildman–Crippen MR) is 86.5 cm³/mol. The van der Waals surface area contributed by atoms with Gasteiger partial charge in [-0.05, 0) is 0 Å². The van der Waals surface area contributed by atoms with Crippen molar-refractivity contribution >= 4 is 7.32 Å². The van der Waals surface area contributed by atoms with Crippen LogP contribution >= 0.6 is 0 Å². The van der Waals surface area contributed by atoms with Gasteiger partial charge in [0, 0.05) is 18.2 Å². The lowest BCUT2D eigenvalue weighted by molar-refractivity contribution is 0.272. The van der Waals surface area contributed by atoms with Crippen LogP contribution in [0.5, 0.6) is 17.2 Å². The summed E-state index contributed by atoms with van der Waals surface area (Å²) in [5.74, 6) is -32.4. The van der Waals surface area contributed by atoms with Gasteiger partial charge in [-0.15, -0.1) is 0 Å². The van der Waals surface area contributed by atoms with Crippen molar-refractivity contribution in [1.82, 2.24) is 0 Å². The van der Waals surface area contributed by atoms with Gasteiger partial charge >= 0.3 is 7.32 Å². The molecule has 3 aromatic rings. The Kier molecular flexibility index (Phi) is 6.79. The maximum atomic E-state index is 13.9. The number of halogens is 12. The Balaban J connectivity index is 2.08. The zero-order valence-corrected chi connectivity index (χ0v) is 15.6. The molecule has 0 fully saturated rings. The van der Waals surface area contributed by atoms with Gasteiger partial charge in [0.05, 0.1) is 0 Å². The van der Waals surface area contributed by atoms with Crippen molar-refractivity contribution in [2.24, 2.45) is 0 Å². The zero-order valence-electron chi connectivity index (χ0n) is 15.6. The second kappa shape index (κ2) is 9.27. The highest BCUT2D eigenvalue weighted by Gasteiger charge is 2.37. The summed E-state index contributed by atoms with van der Waals surface area (Å²) in [5.41, 5.74) is 0. The molecule has 0 saturated carbocycles. The van der Waals surface area contributed by atoms with Gasteiger partial charge in [-0.25, -0.2) is 39.5 Å². The first-order chi connectivity index (χ1) is 15.8. The van der Waals surface area contributed by atoms with Crippen LogP contribution in [0.1, 0.15) is 0 Å². The molecule has 180 valence electrons. The largest absolute Gasteiger partial charge is 0.864 e. The Labute approximate surface area is 180 Å². The molecule has 3 aromatic carbocycles. The summed E-state index contributed by atoms with van der Waals surface area (Å²) in [6.45, 7) is 0. The van der Waals surface area contributed by atoms with Crippen molar-refractivity contribution in [3.63, 3.8) is 0 Å². The number of rotatable bonds is 6. The Bertz CT molecular complexity index is 1130. The molecule has 16 heteroatoms. The van der Waals surface area contributed by atoms with Crippen molar-refractivity contribution in [1.29, 1.82) is 0 Å². The topological polar surface area (TPSA) is 27.7 Å². The molecule has 0 aromatic heterocycles. The lowest BCUT2D eigenvalue weighted by atomic mass is 10.1. The first kappa shape index (κ1) is 24.9. The van der Waals surface area contributed by atoms with E-state index in [0.29, 0.717) is 0 Å². The molecular formula is C18H3BF12O3. The van der Waals surface area contributed by atoms with E-state index < -0.39 is 94.4 Å². The minimum absolute atomic E-state index is 0.183. The predicted octanol–water partition coefficient (Wildman–Crippen LogP) is 5.88. The van der Waals surface area contributed by atoms with Crippen molar-refractivity contribution in [2.45, 2.75) is 0 Å². The molecule has 0 spiro atoms.